The van der Waals surface area contributed by atoms with Gasteiger partial charge in [-0.05, 0) is 40.8 Å². The molecule has 0 radical (unpaired) electrons. The lowest BCUT2D eigenvalue weighted by Crippen LogP contribution is -1.99. The Morgan fingerprint density at radius 1 is 1.40 bits per heavy atom. The predicted molar refractivity (Wildman–Crippen MR) is 68.6 cm³/mol. The minimum Gasteiger partial charge on any atom is -0.283 e. The van der Waals surface area contributed by atoms with Crippen LogP contribution in [0, 0.1) is 3.57 Å². The molecule has 0 fully saturated rings. The van der Waals surface area contributed by atoms with Crippen LogP contribution in [0.2, 0.25) is 5.02 Å². The standard InChI is InChI=1S/C9H6Cl2IN3/c10-4-9-14-13-5-15(9)8-2-1-6(12)3-7(8)11/h1-3,5H,4H2. The molecule has 2 aromatic rings. The number of aromatic nitrogens is 3. The van der Waals surface area contributed by atoms with Crippen LogP contribution in [0.5, 0.6) is 0 Å². The van der Waals surface area contributed by atoms with Crippen molar-refractivity contribution in [3.63, 3.8) is 0 Å². The Bertz CT molecular complexity index is 484. The maximum Gasteiger partial charge on any atom is 0.152 e. The Morgan fingerprint density at radius 3 is 2.87 bits per heavy atom. The van der Waals surface area contributed by atoms with E-state index in [0.717, 1.165) is 9.26 Å². The molecule has 78 valence electrons. The lowest BCUT2D eigenvalue weighted by molar-refractivity contribution is 0.951. The van der Waals surface area contributed by atoms with Crippen LogP contribution in [0.1, 0.15) is 5.82 Å². The smallest absolute Gasteiger partial charge is 0.152 e. The molecule has 6 heteroatoms. The number of benzene rings is 1. The first-order valence-electron chi connectivity index (χ1n) is 4.12. The first-order valence-corrected chi connectivity index (χ1v) is 6.12. The largest absolute Gasteiger partial charge is 0.283 e. The third-order valence-corrected chi connectivity index (χ3v) is 3.12. The first-order chi connectivity index (χ1) is 7.22. The van der Waals surface area contributed by atoms with Gasteiger partial charge in [-0.25, -0.2) is 0 Å². The van der Waals surface area contributed by atoms with Gasteiger partial charge in [-0.2, -0.15) is 0 Å². The van der Waals surface area contributed by atoms with Crippen molar-refractivity contribution in [2.75, 3.05) is 0 Å². The zero-order valence-corrected chi connectivity index (χ0v) is 11.2. The molecule has 0 N–H and O–H groups in total. The zero-order valence-electron chi connectivity index (χ0n) is 7.49. The van der Waals surface area contributed by atoms with Crippen LogP contribution < -0.4 is 0 Å². The second-order valence-electron chi connectivity index (χ2n) is 2.85. The van der Waals surface area contributed by atoms with E-state index in [4.69, 9.17) is 23.2 Å². The second kappa shape index (κ2) is 4.67. The van der Waals surface area contributed by atoms with Gasteiger partial charge in [0.1, 0.15) is 6.33 Å². The summed E-state index contributed by atoms with van der Waals surface area (Å²) >= 11 is 14.1. The summed E-state index contributed by atoms with van der Waals surface area (Å²) < 4.78 is 2.87. The van der Waals surface area contributed by atoms with Gasteiger partial charge in [0.15, 0.2) is 5.82 Å². The monoisotopic (exact) mass is 353 g/mol. The fourth-order valence-corrected chi connectivity index (χ4v) is 2.36. The molecule has 1 aromatic heterocycles. The molecule has 0 unspecified atom stereocenters. The zero-order chi connectivity index (χ0) is 10.8. The average molecular weight is 354 g/mol. The third-order valence-electron chi connectivity index (χ3n) is 1.91. The summed E-state index contributed by atoms with van der Waals surface area (Å²) in [6.45, 7) is 0. The van der Waals surface area contributed by atoms with E-state index in [2.05, 4.69) is 32.8 Å². The van der Waals surface area contributed by atoms with Crippen LogP contribution in [0.25, 0.3) is 5.69 Å². The van der Waals surface area contributed by atoms with Gasteiger partial charge in [0, 0.05) is 3.57 Å². The van der Waals surface area contributed by atoms with Gasteiger partial charge < -0.3 is 0 Å². The topological polar surface area (TPSA) is 30.7 Å². The van der Waals surface area contributed by atoms with Gasteiger partial charge in [-0.1, -0.05) is 11.6 Å². The van der Waals surface area contributed by atoms with E-state index in [1.165, 1.54) is 0 Å². The summed E-state index contributed by atoms with van der Waals surface area (Å²) in [6, 6.07) is 5.78. The molecule has 0 aliphatic carbocycles. The summed E-state index contributed by atoms with van der Waals surface area (Å²) in [5, 5.41) is 8.36. The van der Waals surface area contributed by atoms with E-state index in [0.29, 0.717) is 16.7 Å². The molecule has 1 heterocycles. The van der Waals surface area contributed by atoms with Crippen LogP contribution in [0.3, 0.4) is 0 Å². The first kappa shape index (κ1) is 11.2. The van der Waals surface area contributed by atoms with E-state index in [1.54, 1.807) is 10.9 Å². The predicted octanol–water partition coefficient (Wildman–Crippen LogP) is 3.26. The van der Waals surface area contributed by atoms with Crippen molar-refractivity contribution >= 4 is 45.8 Å². The van der Waals surface area contributed by atoms with Crippen LogP contribution >= 0.6 is 45.8 Å². The van der Waals surface area contributed by atoms with Gasteiger partial charge in [0.05, 0.1) is 16.6 Å². The average Bonchev–Trinajstić information content (AvgIpc) is 2.65. The summed E-state index contributed by atoms with van der Waals surface area (Å²) in [6.07, 6.45) is 1.60. The van der Waals surface area contributed by atoms with E-state index >= 15 is 0 Å². The molecule has 0 aliphatic rings. The molecule has 2 rings (SSSR count). The highest BCUT2D eigenvalue weighted by molar-refractivity contribution is 14.1. The summed E-state index contributed by atoms with van der Waals surface area (Å²) in [4.78, 5) is 0. The maximum absolute atomic E-state index is 6.13. The Labute approximate surface area is 111 Å². The van der Waals surface area contributed by atoms with Gasteiger partial charge in [-0.15, -0.1) is 21.8 Å². The molecule has 3 nitrogen and oxygen atoms in total. The molecular formula is C9H6Cl2IN3. The normalized spacial score (nSPS) is 10.6. The van der Waals surface area contributed by atoms with Crippen molar-refractivity contribution in [3.05, 3.63) is 38.9 Å². The van der Waals surface area contributed by atoms with Crippen LogP contribution in [0.15, 0.2) is 24.5 Å². The van der Waals surface area contributed by atoms with E-state index in [1.807, 2.05) is 18.2 Å². The molecule has 0 atom stereocenters. The fourth-order valence-electron chi connectivity index (χ4n) is 1.23. The van der Waals surface area contributed by atoms with Crippen LogP contribution in [0.4, 0.5) is 0 Å². The van der Waals surface area contributed by atoms with Gasteiger partial charge in [0.25, 0.3) is 0 Å². The number of rotatable bonds is 2. The van der Waals surface area contributed by atoms with E-state index < -0.39 is 0 Å². The molecule has 1 aromatic carbocycles. The van der Waals surface area contributed by atoms with Gasteiger partial charge in [-0.3, -0.25) is 4.57 Å². The van der Waals surface area contributed by atoms with Crippen molar-refractivity contribution in [2.24, 2.45) is 0 Å². The molecule has 0 bridgehead atoms. The molecule has 15 heavy (non-hydrogen) atoms. The summed E-state index contributed by atoms with van der Waals surface area (Å²) in [7, 11) is 0. The van der Waals surface area contributed by atoms with Crippen molar-refractivity contribution in [1.82, 2.24) is 14.8 Å². The molecule has 0 saturated heterocycles. The van der Waals surface area contributed by atoms with Gasteiger partial charge >= 0.3 is 0 Å². The van der Waals surface area contributed by atoms with Crippen LogP contribution in [-0.4, -0.2) is 14.8 Å². The molecule has 0 spiro atoms. The number of hydrogen-bond donors (Lipinski definition) is 0. The molecular weight excluding hydrogens is 348 g/mol. The lowest BCUT2D eigenvalue weighted by atomic mass is 10.3. The van der Waals surface area contributed by atoms with Crippen molar-refractivity contribution in [2.45, 2.75) is 5.88 Å². The Morgan fingerprint density at radius 2 is 2.20 bits per heavy atom. The number of alkyl halides is 1. The summed E-state index contributed by atoms with van der Waals surface area (Å²) in [5.74, 6) is 0.988. The molecule has 0 amide bonds. The van der Waals surface area contributed by atoms with E-state index in [9.17, 15) is 0 Å². The highest BCUT2D eigenvalue weighted by atomic mass is 127. The summed E-state index contributed by atoms with van der Waals surface area (Å²) in [5.41, 5.74) is 0.845. The SMILES string of the molecule is ClCc1nncn1-c1ccc(I)cc1Cl. The van der Waals surface area contributed by atoms with E-state index in [-0.39, 0.29) is 0 Å². The Hall–Kier alpha value is -0.330. The minimum atomic E-state index is 0.308. The van der Waals surface area contributed by atoms with Crippen molar-refractivity contribution in [3.8, 4) is 5.69 Å². The Balaban J connectivity index is 2.54. The van der Waals surface area contributed by atoms with Crippen molar-refractivity contribution in [1.29, 1.82) is 0 Å². The maximum atomic E-state index is 6.13. The second-order valence-corrected chi connectivity index (χ2v) is 4.77. The van der Waals surface area contributed by atoms with Crippen molar-refractivity contribution < 1.29 is 0 Å². The Kier molecular flexibility index (Phi) is 3.48. The van der Waals surface area contributed by atoms with Crippen LogP contribution in [-0.2, 0) is 5.88 Å². The number of halogens is 3. The number of nitrogens with zero attached hydrogens (tertiary/aromatic N) is 3. The highest BCUT2D eigenvalue weighted by Crippen LogP contribution is 2.23. The third kappa shape index (κ3) is 2.26. The lowest BCUT2D eigenvalue weighted by Gasteiger charge is -2.06. The highest BCUT2D eigenvalue weighted by Gasteiger charge is 2.08. The fraction of sp³-hybridized carbons (Fsp3) is 0.111. The quantitative estimate of drug-likeness (QED) is 0.612. The minimum absolute atomic E-state index is 0.308. The molecule has 0 aliphatic heterocycles. The van der Waals surface area contributed by atoms with Gasteiger partial charge in [0.2, 0.25) is 0 Å². The number of hydrogen-bond acceptors (Lipinski definition) is 2. The molecule has 0 saturated carbocycles.